The fourth-order valence-corrected chi connectivity index (χ4v) is 3.05. The Morgan fingerprint density at radius 3 is 2.59 bits per heavy atom. The highest BCUT2D eigenvalue weighted by atomic mass is 35.5. The molecule has 34 heavy (non-hydrogen) atoms. The van der Waals surface area contributed by atoms with Gasteiger partial charge in [-0.3, -0.25) is 4.79 Å². The molecule has 0 fully saturated rings. The van der Waals surface area contributed by atoms with Gasteiger partial charge in [0.05, 0.1) is 10.6 Å². The summed E-state index contributed by atoms with van der Waals surface area (Å²) >= 11 is 6.04. The number of hydrogen-bond donors (Lipinski definition) is 2. The Hall–Kier alpha value is -4.23. The monoisotopic (exact) mass is 475 g/mol. The lowest BCUT2D eigenvalue weighted by Crippen LogP contribution is -2.15. The molecule has 7 nitrogen and oxygen atoms in total. The average Bonchev–Trinajstić information content (AvgIpc) is 2.83. The summed E-state index contributed by atoms with van der Waals surface area (Å²) in [5, 5.41) is 20.6. The number of ether oxygens (including phenoxy) is 1. The number of amides is 1. The lowest BCUT2D eigenvalue weighted by molar-refractivity contribution is -0.113. The maximum absolute atomic E-state index is 12.7. The Kier molecular flexibility index (Phi) is 8.32. The Balaban J connectivity index is 1.68. The third-order valence-corrected chi connectivity index (χ3v) is 4.90. The van der Waals surface area contributed by atoms with Crippen molar-refractivity contribution in [2.45, 2.75) is 13.5 Å². The third kappa shape index (κ3) is 6.63. The van der Waals surface area contributed by atoms with Crippen molar-refractivity contribution in [1.29, 1.82) is 0 Å². The van der Waals surface area contributed by atoms with E-state index in [0.717, 1.165) is 11.1 Å². The van der Waals surface area contributed by atoms with Crippen LogP contribution in [0.15, 0.2) is 101 Å². The highest BCUT2D eigenvalue weighted by Gasteiger charge is 2.15. The normalized spacial score (nSPS) is 11.6. The summed E-state index contributed by atoms with van der Waals surface area (Å²) in [4.78, 5) is 25.2. The van der Waals surface area contributed by atoms with E-state index in [4.69, 9.17) is 16.3 Å². The lowest BCUT2D eigenvalue weighted by Gasteiger charge is -2.09. The molecule has 0 bridgehead atoms. The Bertz CT molecular complexity index is 1280. The van der Waals surface area contributed by atoms with Crippen LogP contribution in [-0.2, 0) is 16.1 Å². The summed E-state index contributed by atoms with van der Waals surface area (Å²) in [5.74, 6) is -1.58. The largest absolute Gasteiger partial charge is 0.510 e. The number of nitrogens with zero attached hydrogens (tertiary/aromatic N) is 2. The Morgan fingerprint density at radius 2 is 1.85 bits per heavy atom. The Morgan fingerprint density at radius 1 is 1.09 bits per heavy atom. The van der Waals surface area contributed by atoms with Crippen LogP contribution in [0, 0.1) is 0 Å². The molecule has 3 rings (SSSR count). The molecule has 0 saturated heterocycles. The topological polar surface area (TPSA) is 100 Å². The molecule has 3 aromatic carbocycles. The van der Waals surface area contributed by atoms with E-state index in [9.17, 15) is 14.7 Å². The summed E-state index contributed by atoms with van der Waals surface area (Å²) < 4.78 is 5.38. The Labute approximate surface area is 202 Å². The van der Waals surface area contributed by atoms with Crippen molar-refractivity contribution in [1.82, 2.24) is 0 Å². The van der Waals surface area contributed by atoms with Crippen LogP contribution in [0.5, 0.6) is 0 Å². The van der Waals surface area contributed by atoms with Gasteiger partial charge >= 0.3 is 5.97 Å². The van der Waals surface area contributed by atoms with Crippen LogP contribution in [0.3, 0.4) is 0 Å². The van der Waals surface area contributed by atoms with Gasteiger partial charge in [0.1, 0.15) is 18.1 Å². The second kappa shape index (κ2) is 11.6. The molecular formula is C26H22ClN3O4. The van der Waals surface area contributed by atoms with E-state index >= 15 is 0 Å². The van der Waals surface area contributed by atoms with E-state index < -0.39 is 11.9 Å². The predicted molar refractivity (Wildman–Crippen MR) is 132 cm³/mol. The smallest absolute Gasteiger partial charge is 0.338 e. The van der Waals surface area contributed by atoms with Crippen LogP contribution < -0.4 is 5.32 Å². The first-order chi connectivity index (χ1) is 16.4. The fourth-order valence-electron chi connectivity index (χ4n) is 2.88. The van der Waals surface area contributed by atoms with E-state index in [1.54, 1.807) is 48.5 Å². The van der Waals surface area contributed by atoms with E-state index in [2.05, 4.69) is 22.1 Å². The third-order valence-electron chi connectivity index (χ3n) is 4.58. The number of halogens is 1. The van der Waals surface area contributed by atoms with E-state index in [1.807, 2.05) is 24.3 Å². The lowest BCUT2D eigenvalue weighted by atomic mass is 10.1. The van der Waals surface area contributed by atoms with Crippen LogP contribution in [0.2, 0.25) is 5.02 Å². The predicted octanol–water partition coefficient (Wildman–Crippen LogP) is 6.85. The minimum Gasteiger partial charge on any atom is -0.510 e. The zero-order valence-corrected chi connectivity index (χ0v) is 19.1. The van der Waals surface area contributed by atoms with Crippen LogP contribution >= 0.6 is 11.6 Å². The van der Waals surface area contributed by atoms with Gasteiger partial charge in [-0.25, -0.2) is 4.79 Å². The van der Waals surface area contributed by atoms with Gasteiger partial charge in [-0.15, -0.1) is 10.2 Å². The molecule has 0 aliphatic carbocycles. The van der Waals surface area contributed by atoms with Crippen LogP contribution in [0.25, 0.3) is 6.08 Å². The number of allylic oxidation sites excluding steroid dienone is 1. The number of azo groups is 1. The number of aliphatic hydroxyl groups excluding tert-OH is 1. The number of esters is 1. The molecule has 0 radical (unpaired) electrons. The number of carbonyl (C=O) groups excluding carboxylic acids is 2. The van der Waals surface area contributed by atoms with Gasteiger partial charge in [0, 0.05) is 5.69 Å². The molecule has 2 N–H and O–H groups in total. The minimum atomic E-state index is -0.706. The van der Waals surface area contributed by atoms with Gasteiger partial charge in [0.25, 0.3) is 5.91 Å². The molecule has 172 valence electrons. The van der Waals surface area contributed by atoms with Gasteiger partial charge in [-0.2, -0.15) is 0 Å². The number of aliphatic hydroxyl groups is 1. The second-order valence-electron chi connectivity index (χ2n) is 7.15. The number of nitrogens with one attached hydrogen (secondary N) is 1. The summed E-state index contributed by atoms with van der Waals surface area (Å²) in [6.45, 7) is 5.13. The van der Waals surface area contributed by atoms with Crippen LogP contribution in [0.1, 0.15) is 28.4 Å². The second-order valence-corrected chi connectivity index (χ2v) is 7.55. The van der Waals surface area contributed by atoms with Crippen molar-refractivity contribution in [2.75, 3.05) is 5.32 Å². The molecule has 0 aliphatic rings. The standard InChI is InChI=1S/C26H22ClN3O4/c1-3-18-8-6-9-19(14-18)16-34-26(33)20-10-7-11-21(15-20)28-25(32)24(17(2)31)30-29-23-13-5-4-12-22(23)27/h3-15,31H,1,16H2,2H3,(H,28,32). The van der Waals surface area contributed by atoms with Gasteiger partial charge in [-0.1, -0.05) is 60.7 Å². The number of benzene rings is 3. The molecule has 0 saturated carbocycles. The number of anilines is 1. The van der Waals surface area contributed by atoms with E-state index in [1.165, 1.54) is 13.0 Å². The molecule has 0 aliphatic heterocycles. The average molecular weight is 476 g/mol. The zero-order chi connectivity index (χ0) is 24.5. The van der Waals surface area contributed by atoms with Crippen molar-refractivity contribution in [3.8, 4) is 0 Å². The molecule has 0 heterocycles. The molecular weight excluding hydrogens is 454 g/mol. The first kappa shape index (κ1) is 24.4. The summed E-state index contributed by atoms with van der Waals surface area (Å²) in [6, 6.07) is 20.4. The van der Waals surface area contributed by atoms with Gasteiger partial charge in [0.15, 0.2) is 5.70 Å². The van der Waals surface area contributed by atoms with Crippen molar-refractivity contribution in [3.63, 3.8) is 0 Å². The van der Waals surface area contributed by atoms with Crippen molar-refractivity contribution < 1.29 is 19.4 Å². The molecule has 3 aromatic rings. The molecule has 0 spiro atoms. The molecule has 0 aromatic heterocycles. The maximum atomic E-state index is 12.7. The highest BCUT2D eigenvalue weighted by Crippen LogP contribution is 2.25. The number of carbonyl (C=O) groups is 2. The van der Waals surface area contributed by atoms with E-state index in [0.29, 0.717) is 16.4 Å². The summed E-state index contributed by atoms with van der Waals surface area (Å²) in [6.07, 6.45) is 1.71. The van der Waals surface area contributed by atoms with Crippen LogP contribution in [0.4, 0.5) is 11.4 Å². The maximum Gasteiger partial charge on any atom is 0.338 e. The molecule has 0 atom stereocenters. The van der Waals surface area contributed by atoms with Gasteiger partial charge in [0.2, 0.25) is 0 Å². The van der Waals surface area contributed by atoms with Crippen molar-refractivity contribution in [2.24, 2.45) is 10.2 Å². The minimum absolute atomic E-state index is 0.0934. The van der Waals surface area contributed by atoms with Gasteiger partial charge in [-0.05, 0) is 54.4 Å². The van der Waals surface area contributed by atoms with E-state index in [-0.39, 0.29) is 23.6 Å². The van der Waals surface area contributed by atoms with Crippen molar-refractivity contribution >= 4 is 40.9 Å². The zero-order valence-electron chi connectivity index (χ0n) is 18.4. The first-order valence-corrected chi connectivity index (χ1v) is 10.6. The highest BCUT2D eigenvalue weighted by molar-refractivity contribution is 6.32. The SMILES string of the molecule is C=Cc1cccc(COC(=O)c2cccc(NC(=O)C(N=Nc3ccccc3Cl)=C(C)O)c2)c1. The van der Waals surface area contributed by atoms with Crippen molar-refractivity contribution in [3.05, 3.63) is 113 Å². The fraction of sp³-hybridized carbons (Fsp3) is 0.0769. The molecule has 1 amide bonds. The number of rotatable bonds is 8. The summed E-state index contributed by atoms with van der Waals surface area (Å²) in [5.41, 5.74) is 2.37. The molecule has 8 heteroatoms. The number of hydrogen-bond acceptors (Lipinski definition) is 6. The van der Waals surface area contributed by atoms with Crippen LogP contribution in [-0.4, -0.2) is 17.0 Å². The first-order valence-electron chi connectivity index (χ1n) is 10.2. The summed E-state index contributed by atoms with van der Waals surface area (Å²) in [7, 11) is 0. The quantitative estimate of drug-likeness (QED) is 0.161. The van der Waals surface area contributed by atoms with Gasteiger partial charge < -0.3 is 15.2 Å². The molecule has 0 unspecified atom stereocenters.